The molecule has 0 amide bonds. The summed E-state index contributed by atoms with van der Waals surface area (Å²) < 4.78 is 15.0. The van der Waals surface area contributed by atoms with E-state index in [0.717, 1.165) is 11.7 Å². The van der Waals surface area contributed by atoms with Crippen molar-refractivity contribution in [3.8, 4) is 0 Å². The van der Waals surface area contributed by atoms with Gasteiger partial charge >= 0.3 is 109 Å². The molecule has 0 radical (unpaired) electrons. The van der Waals surface area contributed by atoms with Gasteiger partial charge in [0.1, 0.15) is 0 Å². The van der Waals surface area contributed by atoms with Crippen molar-refractivity contribution >= 4 is 25.2 Å². The van der Waals surface area contributed by atoms with E-state index >= 15 is 0 Å². The van der Waals surface area contributed by atoms with Gasteiger partial charge in [0, 0.05) is 0 Å². The summed E-state index contributed by atoms with van der Waals surface area (Å²) in [7, 11) is 0.352. The van der Waals surface area contributed by atoms with Crippen LogP contribution in [0.15, 0.2) is 35.3 Å². The van der Waals surface area contributed by atoms with Crippen molar-refractivity contribution in [1.29, 1.82) is 0 Å². The topological polar surface area (TPSA) is 93.0 Å². The number of carbonyl (C=O) groups excluding carboxylic acids is 1. The van der Waals surface area contributed by atoms with Gasteiger partial charge in [-0.15, -0.1) is 0 Å². The first-order chi connectivity index (χ1) is 9.13. The van der Waals surface area contributed by atoms with Crippen molar-refractivity contribution in [2.24, 2.45) is 4.99 Å². The molecule has 0 aliphatic heterocycles. The standard InChI is InChI=1S/C12H12BNO5/c15-11(6-10(12(16)17)14-8-13-18)19-7-9-4-2-1-3-5-9/h1-5,8,10H,6-7H2,(H,16,17)/t10-/m0/s1. The predicted octanol–water partition coefficient (Wildman–Crippen LogP) is 0.651. The molecular weight excluding hydrogens is 249 g/mol. The third-order valence-corrected chi connectivity index (χ3v) is 2.21. The molecule has 1 N–H and O–H groups in total. The molecule has 0 spiro atoms. The average molecular weight is 261 g/mol. The van der Waals surface area contributed by atoms with Crippen LogP contribution in [0.1, 0.15) is 12.0 Å². The van der Waals surface area contributed by atoms with Gasteiger partial charge in [-0.1, -0.05) is 0 Å². The molecule has 0 aromatic heterocycles. The van der Waals surface area contributed by atoms with Crippen molar-refractivity contribution in [3.05, 3.63) is 35.9 Å². The molecule has 1 rings (SSSR count). The average Bonchev–Trinajstić information content (AvgIpc) is 2.42. The molecule has 19 heavy (non-hydrogen) atoms. The van der Waals surface area contributed by atoms with E-state index in [-0.39, 0.29) is 6.61 Å². The minimum atomic E-state index is -1.30. The van der Waals surface area contributed by atoms with Gasteiger partial charge in [0.25, 0.3) is 0 Å². The van der Waals surface area contributed by atoms with Gasteiger partial charge in [0.15, 0.2) is 0 Å². The van der Waals surface area contributed by atoms with Crippen LogP contribution in [0.4, 0.5) is 0 Å². The van der Waals surface area contributed by atoms with Crippen molar-refractivity contribution in [2.45, 2.75) is 19.1 Å². The number of benzene rings is 1. The second-order valence-corrected chi connectivity index (χ2v) is 3.64. The van der Waals surface area contributed by atoms with E-state index in [4.69, 9.17) is 9.84 Å². The van der Waals surface area contributed by atoms with E-state index in [0.29, 0.717) is 7.15 Å². The molecule has 0 aliphatic carbocycles. The van der Waals surface area contributed by atoms with E-state index in [2.05, 4.69) is 4.99 Å². The zero-order valence-corrected chi connectivity index (χ0v) is 10.1. The summed E-state index contributed by atoms with van der Waals surface area (Å²) in [5.41, 5.74) is 0.805. The molecule has 0 unspecified atom stereocenters. The van der Waals surface area contributed by atoms with E-state index in [1.54, 1.807) is 24.3 Å². The number of carbonyl (C=O) groups is 2. The molecule has 0 bridgehead atoms. The summed E-state index contributed by atoms with van der Waals surface area (Å²) in [4.78, 5) is 25.7. The molecule has 7 heteroatoms. The van der Waals surface area contributed by atoms with E-state index in [9.17, 15) is 14.3 Å². The number of hydrogen-bond acceptors (Lipinski definition) is 5. The van der Waals surface area contributed by atoms with Crippen molar-refractivity contribution < 1.29 is 24.1 Å². The number of nitrogens with zero attached hydrogens (tertiary/aromatic N) is 1. The summed E-state index contributed by atoms with van der Waals surface area (Å²) in [6, 6.07) is 7.71. The first-order valence-electron chi connectivity index (χ1n) is 5.52. The van der Waals surface area contributed by atoms with Crippen LogP contribution < -0.4 is 0 Å². The van der Waals surface area contributed by atoms with Crippen molar-refractivity contribution in [2.75, 3.05) is 0 Å². The number of carboxylic acids is 1. The van der Waals surface area contributed by atoms with Gasteiger partial charge in [0.05, 0.1) is 0 Å². The molecule has 98 valence electrons. The Balaban J connectivity index is 2.47. The summed E-state index contributed by atoms with van der Waals surface area (Å²) in [5, 5.41) is 8.80. The van der Waals surface area contributed by atoms with Crippen molar-refractivity contribution in [3.63, 3.8) is 0 Å². The van der Waals surface area contributed by atoms with Gasteiger partial charge in [0.2, 0.25) is 0 Å². The number of hydrogen-bond donors (Lipinski definition) is 1. The zero-order valence-electron chi connectivity index (χ0n) is 10.1. The van der Waals surface area contributed by atoms with Crippen LogP contribution in [0, 0.1) is 0 Å². The Hall–Kier alpha value is -2.31. The summed E-state index contributed by atoms with van der Waals surface area (Å²) >= 11 is 0. The third kappa shape index (κ3) is 5.72. The fraction of sp³-hybridized carbons (Fsp3) is 0.250. The molecule has 0 saturated carbocycles. The van der Waals surface area contributed by atoms with Crippen molar-refractivity contribution in [1.82, 2.24) is 0 Å². The van der Waals surface area contributed by atoms with Crippen LogP contribution in [0.5, 0.6) is 0 Å². The van der Waals surface area contributed by atoms with Gasteiger partial charge in [-0.25, -0.2) is 0 Å². The normalized spacial score (nSPS) is 11.8. The Labute approximate surface area is 110 Å². The molecule has 0 heterocycles. The zero-order chi connectivity index (χ0) is 14.1. The molecule has 1 aromatic rings. The predicted molar refractivity (Wildman–Crippen MR) is 67.2 cm³/mol. The van der Waals surface area contributed by atoms with Crippen LogP contribution in [-0.2, 0) is 25.6 Å². The van der Waals surface area contributed by atoms with Gasteiger partial charge < -0.3 is 0 Å². The quantitative estimate of drug-likeness (QED) is 0.442. The molecule has 1 aromatic carbocycles. The summed E-state index contributed by atoms with van der Waals surface area (Å²) in [5.74, 6) is -1.96. The van der Waals surface area contributed by atoms with Crippen LogP contribution in [0.25, 0.3) is 0 Å². The Morgan fingerprint density at radius 2 is 2.05 bits per heavy atom. The number of aliphatic carboxylic acids is 1. The number of rotatable bonds is 7. The van der Waals surface area contributed by atoms with Gasteiger partial charge in [-0.2, -0.15) is 0 Å². The van der Waals surface area contributed by atoms with E-state index < -0.39 is 24.4 Å². The number of ether oxygens (including phenoxy) is 1. The summed E-state index contributed by atoms with van der Waals surface area (Å²) in [6.07, 6.45) is 0.399. The molecular formula is C12H12BNO5. The van der Waals surface area contributed by atoms with Crippen LogP contribution >= 0.6 is 0 Å². The van der Waals surface area contributed by atoms with Crippen LogP contribution in [0.2, 0.25) is 0 Å². The first kappa shape index (κ1) is 14.8. The summed E-state index contributed by atoms with van der Waals surface area (Å²) in [6.45, 7) is 0.0728. The first-order valence-corrected chi connectivity index (χ1v) is 5.52. The molecule has 0 fully saturated rings. The number of aliphatic imine (C=N–C) groups is 1. The third-order valence-electron chi connectivity index (χ3n) is 2.21. The molecule has 1 atom stereocenters. The maximum atomic E-state index is 11.4. The molecule has 6 nitrogen and oxygen atoms in total. The Bertz CT molecular complexity index is 474. The van der Waals surface area contributed by atoms with Crippen LogP contribution in [0.3, 0.4) is 0 Å². The minimum absolute atomic E-state index is 0.0728. The Kier molecular flexibility index (Phi) is 6.15. The Morgan fingerprint density at radius 3 is 2.63 bits per heavy atom. The maximum absolute atomic E-state index is 11.4. The second kappa shape index (κ2) is 7.91. The van der Waals surface area contributed by atoms with Crippen LogP contribution in [-0.4, -0.2) is 36.4 Å². The SMILES string of the molecule is O=BC=N[C@@H](CC(=O)OCc1ccccc1)C(=O)O. The fourth-order valence-corrected chi connectivity index (χ4v) is 1.30. The number of esters is 1. The monoisotopic (exact) mass is 261 g/mol. The van der Waals surface area contributed by atoms with E-state index in [1.165, 1.54) is 0 Å². The fourth-order valence-electron chi connectivity index (χ4n) is 1.30. The Morgan fingerprint density at radius 1 is 1.37 bits per heavy atom. The van der Waals surface area contributed by atoms with Gasteiger partial charge in [-0.05, 0) is 0 Å². The molecule has 0 aliphatic rings. The second-order valence-electron chi connectivity index (χ2n) is 3.64. The van der Waals surface area contributed by atoms with Gasteiger partial charge in [-0.3, -0.25) is 0 Å². The molecule has 0 saturated heterocycles. The van der Waals surface area contributed by atoms with E-state index in [1.807, 2.05) is 6.07 Å². The number of carboxylic acid groups (broad SMARTS) is 1.